The van der Waals surface area contributed by atoms with Crippen molar-refractivity contribution in [3.8, 4) is 33.4 Å². The van der Waals surface area contributed by atoms with Gasteiger partial charge in [0.2, 0.25) is 11.6 Å². The van der Waals surface area contributed by atoms with Gasteiger partial charge in [0.05, 0.1) is 5.56 Å². The summed E-state index contributed by atoms with van der Waals surface area (Å²) in [6.45, 7) is 0. The molecule has 0 unspecified atom stereocenters. The number of hydrogen-bond acceptors (Lipinski definition) is 4. The first-order valence-electron chi connectivity index (χ1n) is 10.2. The molecule has 5 rings (SSSR count). The summed E-state index contributed by atoms with van der Waals surface area (Å²) in [7, 11) is 0. The Bertz CT molecular complexity index is 1460. The third-order valence-electron chi connectivity index (χ3n) is 5.87. The van der Waals surface area contributed by atoms with Gasteiger partial charge in [-0.2, -0.15) is 0 Å². The summed E-state index contributed by atoms with van der Waals surface area (Å²) in [4.78, 5) is 47.5. The molecule has 4 aromatic rings. The summed E-state index contributed by atoms with van der Waals surface area (Å²) in [5.74, 6) is -2.09. The second kappa shape index (κ2) is 7.80. The van der Waals surface area contributed by atoms with Crippen LogP contribution in [-0.2, 0) is 0 Å². The van der Waals surface area contributed by atoms with Gasteiger partial charge in [0.1, 0.15) is 6.29 Å². The van der Waals surface area contributed by atoms with E-state index in [9.17, 15) is 19.2 Å². The van der Waals surface area contributed by atoms with Gasteiger partial charge in [0.25, 0.3) is 0 Å². The Kier molecular flexibility index (Phi) is 4.79. The molecule has 4 aromatic carbocycles. The van der Waals surface area contributed by atoms with Crippen molar-refractivity contribution in [3.05, 3.63) is 107 Å². The van der Waals surface area contributed by atoms with E-state index in [1.54, 1.807) is 48.5 Å². The number of carboxylic acids is 1. The second-order valence-corrected chi connectivity index (χ2v) is 7.80. The minimum absolute atomic E-state index is 0.188. The maximum absolute atomic E-state index is 12.7. The SMILES string of the molecule is O=Cc1ccc(-c2ccc3c(c2)-c2cc(-c4ccc(C(=O)O)cc4)ccc2C(=O)C3=O)cc1. The fourth-order valence-electron chi connectivity index (χ4n) is 4.09. The van der Waals surface area contributed by atoms with Crippen LogP contribution in [0.3, 0.4) is 0 Å². The molecule has 33 heavy (non-hydrogen) atoms. The zero-order valence-electron chi connectivity index (χ0n) is 17.2. The Hall–Kier alpha value is -4.64. The fourth-order valence-corrected chi connectivity index (χ4v) is 4.09. The quantitative estimate of drug-likeness (QED) is 0.336. The first-order valence-corrected chi connectivity index (χ1v) is 10.2. The lowest BCUT2D eigenvalue weighted by Gasteiger charge is -2.20. The maximum Gasteiger partial charge on any atom is 0.335 e. The average molecular weight is 432 g/mol. The highest BCUT2D eigenvalue weighted by Crippen LogP contribution is 2.38. The molecule has 0 saturated carbocycles. The zero-order chi connectivity index (χ0) is 23.1. The van der Waals surface area contributed by atoms with Crippen LogP contribution < -0.4 is 0 Å². The van der Waals surface area contributed by atoms with Crippen molar-refractivity contribution in [1.29, 1.82) is 0 Å². The smallest absolute Gasteiger partial charge is 0.335 e. The molecule has 0 spiro atoms. The number of carbonyl (C=O) groups is 4. The number of fused-ring (bicyclic) bond motifs is 3. The van der Waals surface area contributed by atoms with Crippen molar-refractivity contribution in [2.24, 2.45) is 0 Å². The van der Waals surface area contributed by atoms with E-state index in [-0.39, 0.29) is 5.56 Å². The lowest BCUT2D eigenvalue weighted by atomic mass is 9.81. The van der Waals surface area contributed by atoms with Crippen LogP contribution in [0.25, 0.3) is 33.4 Å². The van der Waals surface area contributed by atoms with Gasteiger partial charge in [0.15, 0.2) is 0 Å². The molecular weight excluding hydrogens is 416 g/mol. The summed E-state index contributed by atoms with van der Waals surface area (Å²) >= 11 is 0. The topological polar surface area (TPSA) is 88.5 Å². The van der Waals surface area contributed by atoms with Crippen LogP contribution >= 0.6 is 0 Å². The molecule has 0 atom stereocenters. The van der Waals surface area contributed by atoms with E-state index < -0.39 is 17.5 Å². The molecule has 0 heterocycles. The minimum atomic E-state index is -1.00. The number of hydrogen-bond donors (Lipinski definition) is 1. The molecule has 0 bridgehead atoms. The van der Waals surface area contributed by atoms with Crippen LogP contribution in [0.2, 0.25) is 0 Å². The van der Waals surface area contributed by atoms with Gasteiger partial charge in [0, 0.05) is 16.7 Å². The van der Waals surface area contributed by atoms with Crippen LogP contribution in [0.15, 0.2) is 84.9 Å². The van der Waals surface area contributed by atoms with Crippen LogP contribution in [0, 0.1) is 0 Å². The molecule has 0 radical (unpaired) electrons. The number of Topliss-reactive ketones (excluding diaryl/α,β-unsaturated/α-hetero) is 2. The number of benzene rings is 4. The summed E-state index contributed by atoms with van der Waals surface area (Å²) in [6, 6.07) is 24.2. The van der Waals surface area contributed by atoms with Crippen LogP contribution in [-0.4, -0.2) is 28.9 Å². The Balaban J connectivity index is 1.64. The Morgan fingerprint density at radius 1 is 0.576 bits per heavy atom. The number of carbonyl (C=O) groups excluding carboxylic acids is 3. The highest BCUT2D eigenvalue weighted by Gasteiger charge is 2.30. The highest BCUT2D eigenvalue weighted by atomic mass is 16.4. The third kappa shape index (κ3) is 3.46. The van der Waals surface area contributed by atoms with E-state index in [1.807, 2.05) is 24.3 Å². The zero-order valence-corrected chi connectivity index (χ0v) is 17.2. The number of aldehydes is 1. The van der Waals surface area contributed by atoms with Gasteiger partial charge in [-0.1, -0.05) is 48.5 Å². The van der Waals surface area contributed by atoms with Crippen molar-refractivity contribution in [3.63, 3.8) is 0 Å². The Morgan fingerprint density at radius 3 is 1.42 bits per heavy atom. The molecule has 1 aliphatic rings. The van der Waals surface area contributed by atoms with Gasteiger partial charge in [-0.3, -0.25) is 14.4 Å². The predicted molar refractivity (Wildman–Crippen MR) is 124 cm³/mol. The molecule has 0 aromatic heterocycles. The maximum atomic E-state index is 12.7. The first-order chi connectivity index (χ1) is 16.0. The average Bonchev–Trinajstić information content (AvgIpc) is 2.86. The minimum Gasteiger partial charge on any atom is -0.478 e. The first kappa shape index (κ1) is 20.3. The largest absolute Gasteiger partial charge is 0.478 e. The lowest BCUT2D eigenvalue weighted by molar-refractivity contribution is 0.0696. The van der Waals surface area contributed by atoms with E-state index in [4.69, 9.17) is 5.11 Å². The normalized spacial score (nSPS) is 12.1. The molecular formula is C28H16O5. The highest BCUT2D eigenvalue weighted by molar-refractivity contribution is 6.53. The van der Waals surface area contributed by atoms with Crippen molar-refractivity contribution >= 4 is 23.8 Å². The van der Waals surface area contributed by atoms with Gasteiger partial charge in [-0.25, -0.2) is 4.79 Å². The Labute approximate surface area is 188 Å². The van der Waals surface area contributed by atoms with Gasteiger partial charge in [-0.05, 0) is 69.8 Å². The van der Waals surface area contributed by atoms with E-state index >= 15 is 0 Å². The summed E-state index contributed by atoms with van der Waals surface area (Å²) in [6.07, 6.45) is 0.779. The van der Waals surface area contributed by atoms with Gasteiger partial charge >= 0.3 is 5.97 Å². The van der Waals surface area contributed by atoms with E-state index in [0.29, 0.717) is 27.8 Å². The van der Waals surface area contributed by atoms with E-state index in [1.165, 1.54) is 12.1 Å². The summed E-state index contributed by atoms with van der Waals surface area (Å²) < 4.78 is 0. The number of rotatable bonds is 4. The van der Waals surface area contributed by atoms with E-state index in [0.717, 1.165) is 28.5 Å². The van der Waals surface area contributed by atoms with Crippen molar-refractivity contribution in [1.82, 2.24) is 0 Å². The monoisotopic (exact) mass is 432 g/mol. The molecule has 1 N–H and O–H groups in total. The number of aromatic carboxylic acids is 1. The lowest BCUT2D eigenvalue weighted by Crippen LogP contribution is -2.21. The van der Waals surface area contributed by atoms with E-state index in [2.05, 4.69) is 0 Å². The van der Waals surface area contributed by atoms with Crippen LogP contribution in [0.5, 0.6) is 0 Å². The van der Waals surface area contributed by atoms with Gasteiger partial charge in [-0.15, -0.1) is 0 Å². The molecule has 5 heteroatoms. The molecule has 0 fully saturated rings. The van der Waals surface area contributed by atoms with Crippen molar-refractivity contribution < 1.29 is 24.3 Å². The standard InChI is InChI=1S/C28H16O5/c29-15-16-1-3-17(4-2-16)20-9-11-22-24(13-20)25-14-21(10-12-23(25)27(31)26(22)30)18-5-7-19(8-6-18)28(32)33/h1-15H,(H,32,33). The van der Waals surface area contributed by atoms with Gasteiger partial charge < -0.3 is 5.11 Å². The van der Waals surface area contributed by atoms with Crippen molar-refractivity contribution in [2.45, 2.75) is 0 Å². The summed E-state index contributed by atoms with van der Waals surface area (Å²) in [5.41, 5.74) is 6.11. The molecule has 1 aliphatic carbocycles. The molecule has 0 amide bonds. The molecule has 5 nitrogen and oxygen atoms in total. The third-order valence-corrected chi connectivity index (χ3v) is 5.87. The number of ketones is 2. The Morgan fingerprint density at radius 2 is 1.00 bits per heavy atom. The van der Waals surface area contributed by atoms with Crippen LogP contribution in [0.1, 0.15) is 41.4 Å². The molecule has 0 saturated heterocycles. The van der Waals surface area contributed by atoms with Crippen molar-refractivity contribution in [2.75, 3.05) is 0 Å². The van der Waals surface area contributed by atoms with Crippen LogP contribution in [0.4, 0.5) is 0 Å². The summed E-state index contributed by atoms with van der Waals surface area (Å²) in [5, 5.41) is 9.13. The second-order valence-electron chi connectivity index (χ2n) is 7.80. The molecule has 158 valence electrons. The fraction of sp³-hybridized carbons (Fsp3) is 0. The predicted octanol–water partition coefficient (Wildman–Crippen LogP) is 5.58. The molecule has 0 aliphatic heterocycles. The number of carboxylic acid groups (broad SMARTS) is 1.